The molecule has 0 bridgehead atoms. The Morgan fingerprint density at radius 2 is 1.82 bits per heavy atom. The van der Waals surface area contributed by atoms with Crippen LogP contribution in [0.2, 0.25) is 0 Å². The first kappa shape index (κ1) is 14.4. The van der Waals surface area contributed by atoms with Gasteiger partial charge in [-0.05, 0) is 12.8 Å². The number of aliphatic hydroxyl groups is 2. The van der Waals surface area contributed by atoms with Crippen LogP contribution in [-0.4, -0.2) is 35.2 Å². The van der Waals surface area contributed by atoms with E-state index in [2.05, 4.69) is 0 Å². The van der Waals surface area contributed by atoms with E-state index in [4.69, 9.17) is 10.2 Å². The van der Waals surface area contributed by atoms with Crippen LogP contribution in [0.15, 0.2) is 0 Å². The molecule has 0 spiro atoms. The fourth-order valence-electron chi connectivity index (χ4n) is 0.443. The third-order valence-electron chi connectivity index (χ3n) is 0.857. The van der Waals surface area contributed by atoms with Crippen molar-refractivity contribution in [3.05, 3.63) is 0 Å². The summed E-state index contributed by atoms with van der Waals surface area (Å²) in [7, 11) is -4.19. The predicted octanol–water partition coefficient (Wildman–Crippen LogP) is -4.37. The Morgan fingerprint density at radius 3 is 2.09 bits per heavy atom. The van der Waals surface area contributed by atoms with Crippen LogP contribution in [0.4, 0.5) is 0 Å². The molecule has 0 aliphatic heterocycles. The summed E-state index contributed by atoms with van der Waals surface area (Å²) in [6, 6.07) is 0. The fourth-order valence-corrected chi connectivity index (χ4v) is 0.963. The summed E-state index contributed by atoms with van der Waals surface area (Å²) in [5, 5.41) is 16.4. The zero-order valence-corrected chi connectivity index (χ0v) is 9.04. The minimum atomic E-state index is -4.19. The Labute approximate surface area is 87.5 Å². The monoisotopic (exact) mass is 192 g/mol. The standard InChI is InChI=1S/C4H10O5S.Na/c5-4(6)2-1-3-10(7,8)9;/h4-6H,1-3H2,(H,7,8,9);/q;+1/p-1. The van der Waals surface area contributed by atoms with E-state index in [9.17, 15) is 13.0 Å². The van der Waals surface area contributed by atoms with Crippen molar-refractivity contribution < 1.29 is 52.7 Å². The molecule has 0 amide bonds. The van der Waals surface area contributed by atoms with Crippen molar-refractivity contribution in [1.82, 2.24) is 0 Å². The van der Waals surface area contributed by atoms with Gasteiger partial charge in [0.15, 0.2) is 6.29 Å². The quantitative estimate of drug-likeness (QED) is 0.266. The van der Waals surface area contributed by atoms with Crippen LogP contribution in [0.5, 0.6) is 0 Å². The topological polar surface area (TPSA) is 97.7 Å². The van der Waals surface area contributed by atoms with Crippen LogP contribution in [0.25, 0.3) is 0 Å². The summed E-state index contributed by atoms with van der Waals surface area (Å²) >= 11 is 0. The van der Waals surface area contributed by atoms with Gasteiger partial charge in [-0.1, -0.05) is 0 Å². The van der Waals surface area contributed by atoms with Crippen LogP contribution in [-0.2, 0) is 10.1 Å². The van der Waals surface area contributed by atoms with E-state index in [0.29, 0.717) is 0 Å². The van der Waals surface area contributed by atoms with Gasteiger partial charge in [-0.3, -0.25) is 0 Å². The van der Waals surface area contributed by atoms with Gasteiger partial charge in [0.2, 0.25) is 0 Å². The molecule has 0 saturated heterocycles. The smallest absolute Gasteiger partial charge is 0.748 e. The van der Waals surface area contributed by atoms with Crippen molar-refractivity contribution >= 4 is 10.1 Å². The van der Waals surface area contributed by atoms with Gasteiger partial charge in [0.1, 0.15) is 0 Å². The van der Waals surface area contributed by atoms with E-state index in [1.807, 2.05) is 0 Å². The molecule has 0 aromatic carbocycles. The predicted molar refractivity (Wildman–Crippen MR) is 32.0 cm³/mol. The Hall–Kier alpha value is 0.830. The van der Waals surface area contributed by atoms with Crippen molar-refractivity contribution in [3.63, 3.8) is 0 Å². The molecule has 0 rings (SSSR count). The Bertz CT molecular complexity index is 175. The largest absolute Gasteiger partial charge is 1.00 e. The van der Waals surface area contributed by atoms with E-state index < -0.39 is 22.2 Å². The average molecular weight is 192 g/mol. The van der Waals surface area contributed by atoms with Crippen molar-refractivity contribution in [1.29, 1.82) is 0 Å². The molecule has 7 heteroatoms. The van der Waals surface area contributed by atoms with Gasteiger partial charge in [0, 0.05) is 5.75 Å². The molecule has 0 aliphatic carbocycles. The molecule has 0 aromatic rings. The minimum absolute atomic E-state index is 0. The molecule has 2 N–H and O–H groups in total. The Balaban J connectivity index is 0. The van der Waals surface area contributed by atoms with Crippen LogP contribution in [0, 0.1) is 0 Å². The Kier molecular flexibility index (Phi) is 8.30. The molecule has 11 heavy (non-hydrogen) atoms. The Morgan fingerprint density at radius 1 is 1.36 bits per heavy atom. The molecule has 0 saturated carbocycles. The summed E-state index contributed by atoms with van der Waals surface area (Å²) in [5.41, 5.74) is 0. The van der Waals surface area contributed by atoms with Crippen molar-refractivity contribution in [3.8, 4) is 0 Å². The number of rotatable bonds is 4. The number of hydrogen-bond donors (Lipinski definition) is 2. The van der Waals surface area contributed by atoms with Crippen molar-refractivity contribution in [2.75, 3.05) is 5.75 Å². The molecule has 0 atom stereocenters. The number of hydrogen-bond acceptors (Lipinski definition) is 5. The molecular weight excluding hydrogens is 183 g/mol. The molecule has 0 radical (unpaired) electrons. The second kappa shape index (κ2) is 6.36. The van der Waals surface area contributed by atoms with E-state index >= 15 is 0 Å². The summed E-state index contributed by atoms with van der Waals surface area (Å²) in [6.07, 6.45) is -1.62. The zero-order chi connectivity index (χ0) is 8.20. The normalized spacial score (nSPS) is 11.3. The first-order valence-electron chi connectivity index (χ1n) is 2.71. The second-order valence-corrected chi connectivity index (χ2v) is 3.41. The summed E-state index contributed by atoms with van der Waals surface area (Å²) < 4.78 is 29.7. The van der Waals surface area contributed by atoms with Gasteiger partial charge in [-0.25, -0.2) is 8.42 Å². The SMILES string of the molecule is O=S(=O)([O-])CCCC(O)O.[Na+]. The third-order valence-corrected chi connectivity index (χ3v) is 1.65. The van der Waals surface area contributed by atoms with Crippen LogP contribution < -0.4 is 29.6 Å². The van der Waals surface area contributed by atoms with Crippen molar-refractivity contribution in [2.45, 2.75) is 19.1 Å². The van der Waals surface area contributed by atoms with E-state index in [1.54, 1.807) is 0 Å². The minimum Gasteiger partial charge on any atom is -0.748 e. The van der Waals surface area contributed by atoms with Gasteiger partial charge in [-0.15, -0.1) is 0 Å². The summed E-state index contributed by atoms with van der Waals surface area (Å²) in [6.45, 7) is 0. The molecule has 62 valence electrons. The van der Waals surface area contributed by atoms with Crippen LogP contribution in [0.3, 0.4) is 0 Å². The van der Waals surface area contributed by atoms with Crippen molar-refractivity contribution in [2.24, 2.45) is 0 Å². The zero-order valence-electron chi connectivity index (χ0n) is 6.23. The summed E-state index contributed by atoms with van der Waals surface area (Å²) in [4.78, 5) is 0. The number of aliphatic hydroxyl groups excluding tert-OH is 1. The van der Waals surface area contributed by atoms with Crippen LogP contribution in [0.1, 0.15) is 12.8 Å². The fraction of sp³-hybridized carbons (Fsp3) is 1.00. The van der Waals surface area contributed by atoms with Gasteiger partial charge in [0.05, 0.1) is 10.1 Å². The van der Waals surface area contributed by atoms with Gasteiger partial charge in [0.25, 0.3) is 0 Å². The summed E-state index contributed by atoms with van der Waals surface area (Å²) in [5.74, 6) is -0.537. The maximum Gasteiger partial charge on any atom is 1.00 e. The molecule has 0 heterocycles. The van der Waals surface area contributed by atoms with E-state index in [0.717, 1.165) is 0 Å². The molecule has 0 unspecified atom stereocenters. The van der Waals surface area contributed by atoms with Gasteiger partial charge >= 0.3 is 29.6 Å². The molecule has 5 nitrogen and oxygen atoms in total. The van der Waals surface area contributed by atoms with E-state index in [1.165, 1.54) is 0 Å². The maximum absolute atomic E-state index is 9.89. The molecular formula is C4H9NaO5S. The first-order valence-corrected chi connectivity index (χ1v) is 4.29. The van der Waals surface area contributed by atoms with Gasteiger partial charge in [-0.2, -0.15) is 0 Å². The molecule has 0 fully saturated rings. The molecule has 0 aliphatic rings. The van der Waals surface area contributed by atoms with Crippen LogP contribution >= 0.6 is 0 Å². The second-order valence-electron chi connectivity index (χ2n) is 1.88. The maximum atomic E-state index is 9.89. The first-order chi connectivity index (χ1) is 4.42. The van der Waals surface area contributed by atoms with E-state index in [-0.39, 0.29) is 42.4 Å². The average Bonchev–Trinajstić information content (AvgIpc) is 1.59. The third kappa shape index (κ3) is 13.8. The van der Waals surface area contributed by atoms with Gasteiger partial charge < -0.3 is 14.8 Å². The molecule has 0 aromatic heterocycles.